The van der Waals surface area contributed by atoms with Crippen molar-refractivity contribution in [3.05, 3.63) is 35.7 Å². The first-order valence-electron chi connectivity index (χ1n) is 6.23. The Bertz CT molecular complexity index is 640. The largest absolute Gasteiger partial charge is 0.295 e. The minimum atomic E-state index is -0.220. The Morgan fingerprint density at radius 3 is 2.80 bits per heavy atom. The summed E-state index contributed by atoms with van der Waals surface area (Å²) in [5, 5.41) is 4.14. The lowest BCUT2D eigenvalue weighted by Gasteiger charge is -2.18. The molecule has 102 valence electrons. The Balaban J connectivity index is 1.72. The van der Waals surface area contributed by atoms with E-state index in [1.807, 2.05) is 35.7 Å². The second kappa shape index (κ2) is 5.76. The third-order valence-corrected chi connectivity index (χ3v) is 5.22. The zero-order chi connectivity index (χ0) is 13.9. The predicted molar refractivity (Wildman–Crippen MR) is 79.6 cm³/mol. The van der Waals surface area contributed by atoms with Crippen molar-refractivity contribution in [1.29, 1.82) is 0 Å². The van der Waals surface area contributed by atoms with E-state index in [0.717, 1.165) is 15.6 Å². The van der Waals surface area contributed by atoms with E-state index < -0.39 is 0 Å². The lowest BCUT2D eigenvalue weighted by molar-refractivity contribution is -0.132. The van der Waals surface area contributed by atoms with Crippen LogP contribution in [0.2, 0.25) is 0 Å². The Morgan fingerprint density at radius 2 is 2.05 bits per heavy atom. The molecule has 1 atom stereocenters. The zero-order valence-corrected chi connectivity index (χ0v) is 12.2. The van der Waals surface area contributed by atoms with E-state index in [4.69, 9.17) is 0 Å². The average Bonchev–Trinajstić information content (AvgIpc) is 2.92. The van der Waals surface area contributed by atoms with Crippen LogP contribution in [0.4, 0.5) is 0 Å². The number of carbonyl (C=O) groups is 2. The Kier molecular flexibility index (Phi) is 3.84. The van der Waals surface area contributed by atoms with Gasteiger partial charge in [-0.3, -0.25) is 14.9 Å². The zero-order valence-electron chi connectivity index (χ0n) is 10.5. The van der Waals surface area contributed by atoms with E-state index in [9.17, 15) is 9.59 Å². The molecule has 1 fully saturated rings. The normalized spacial score (nSPS) is 18.9. The minimum Gasteiger partial charge on any atom is -0.295 e. The monoisotopic (exact) mass is 304 g/mol. The Morgan fingerprint density at radius 1 is 1.25 bits per heavy atom. The van der Waals surface area contributed by atoms with Crippen LogP contribution < -0.4 is 5.32 Å². The maximum absolute atomic E-state index is 11.7. The van der Waals surface area contributed by atoms with E-state index in [1.54, 1.807) is 0 Å². The standard InChI is InChI=1S/C14H12N2O2S2/c17-12-7-6-11(13(18)16-12)20-14-15-10(8-19-14)9-4-2-1-3-5-9/h1-5,8,11H,6-7H2,(H,16,17,18). The molecule has 20 heavy (non-hydrogen) atoms. The number of hydrogen-bond acceptors (Lipinski definition) is 5. The summed E-state index contributed by atoms with van der Waals surface area (Å²) in [6, 6.07) is 9.93. The number of imide groups is 1. The highest BCUT2D eigenvalue weighted by atomic mass is 32.2. The first kappa shape index (κ1) is 13.3. The molecule has 3 rings (SSSR count). The van der Waals surface area contributed by atoms with E-state index in [1.165, 1.54) is 23.1 Å². The molecule has 6 heteroatoms. The van der Waals surface area contributed by atoms with Gasteiger partial charge in [0, 0.05) is 17.4 Å². The number of thiazole rings is 1. The number of piperidine rings is 1. The van der Waals surface area contributed by atoms with Gasteiger partial charge in [-0.2, -0.15) is 0 Å². The average molecular weight is 304 g/mol. The maximum Gasteiger partial charge on any atom is 0.240 e. The molecule has 0 radical (unpaired) electrons. The molecule has 0 bridgehead atoms. The van der Waals surface area contributed by atoms with Gasteiger partial charge in [0.1, 0.15) is 0 Å². The van der Waals surface area contributed by atoms with Gasteiger partial charge in [0.2, 0.25) is 11.8 Å². The van der Waals surface area contributed by atoms with Gasteiger partial charge in [-0.25, -0.2) is 4.98 Å². The lowest BCUT2D eigenvalue weighted by atomic mass is 10.1. The van der Waals surface area contributed by atoms with E-state index in [2.05, 4.69) is 10.3 Å². The SMILES string of the molecule is O=C1CCC(Sc2nc(-c3ccccc3)cs2)C(=O)N1. The molecule has 0 spiro atoms. The topological polar surface area (TPSA) is 59.1 Å². The van der Waals surface area contributed by atoms with Crippen molar-refractivity contribution in [2.75, 3.05) is 0 Å². The van der Waals surface area contributed by atoms with Gasteiger partial charge in [0.05, 0.1) is 10.9 Å². The fourth-order valence-electron chi connectivity index (χ4n) is 1.96. The second-order valence-corrected chi connectivity index (χ2v) is 6.73. The highest BCUT2D eigenvalue weighted by Gasteiger charge is 2.28. The first-order chi connectivity index (χ1) is 9.72. The number of rotatable bonds is 3. The number of carbonyl (C=O) groups excluding carboxylic acids is 2. The van der Waals surface area contributed by atoms with Crippen LogP contribution >= 0.6 is 23.1 Å². The summed E-state index contributed by atoms with van der Waals surface area (Å²) in [4.78, 5) is 27.4. The lowest BCUT2D eigenvalue weighted by Crippen LogP contribution is -2.42. The van der Waals surface area contributed by atoms with Crippen LogP contribution in [0.25, 0.3) is 11.3 Å². The fraction of sp³-hybridized carbons (Fsp3) is 0.214. The van der Waals surface area contributed by atoms with Crippen LogP contribution in [0.5, 0.6) is 0 Å². The van der Waals surface area contributed by atoms with Gasteiger partial charge in [-0.1, -0.05) is 42.1 Å². The smallest absolute Gasteiger partial charge is 0.240 e. The molecular weight excluding hydrogens is 292 g/mol. The molecule has 0 saturated carbocycles. The van der Waals surface area contributed by atoms with Crippen LogP contribution in [-0.4, -0.2) is 22.0 Å². The number of nitrogens with zero attached hydrogens (tertiary/aromatic N) is 1. The highest BCUT2D eigenvalue weighted by molar-refractivity contribution is 8.02. The minimum absolute atomic E-state index is 0.184. The van der Waals surface area contributed by atoms with E-state index >= 15 is 0 Å². The van der Waals surface area contributed by atoms with Crippen molar-refractivity contribution in [1.82, 2.24) is 10.3 Å². The van der Waals surface area contributed by atoms with Crippen LogP contribution in [0, 0.1) is 0 Å². The van der Waals surface area contributed by atoms with Crippen molar-refractivity contribution in [2.24, 2.45) is 0 Å². The fourth-order valence-corrected chi connectivity index (χ4v) is 4.02. The van der Waals surface area contributed by atoms with E-state index in [-0.39, 0.29) is 17.1 Å². The van der Waals surface area contributed by atoms with Crippen LogP contribution in [0.3, 0.4) is 0 Å². The van der Waals surface area contributed by atoms with Crippen LogP contribution in [0.15, 0.2) is 40.1 Å². The van der Waals surface area contributed by atoms with Crippen molar-refractivity contribution in [3.63, 3.8) is 0 Å². The molecule has 4 nitrogen and oxygen atoms in total. The Hall–Kier alpha value is -1.66. The van der Waals surface area contributed by atoms with Crippen molar-refractivity contribution >= 4 is 34.9 Å². The van der Waals surface area contributed by atoms with Crippen molar-refractivity contribution in [3.8, 4) is 11.3 Å². The molecule has 1 aliphatic rings. The molecule has 1 unspecified atom stereocenters. The number of aromatic nitrogens is 1. The molecule has 1 N–H and O–H groups in total. The molecular formula is C14H12N2O2S2. The van der Waals surface area contributed by atoms with Gasteiger partial charge in [-0.05, 0) is 6.42 Å². The summed E-state index contributed by atoms with van der Waals surface area (Å²) in [5.41, 5.74) is 1.99. The summed E-state index contributed by atoms with van der Waals surface area (Å²) in [6.07, 6.45) is 0.982. The number of benzene rings is 1. The molecule has 1 aromatic carbocycles. The van der Waals surface area contributed by atoms with Crippen LogP contribution in [-0.2, 0) is 9.59 Å². The molecule has 2 aromatic rings. The molecule has 0 aliphatic carbocycles. The number of hydrogen-bond donors (Lipinski definition) is 1. The van der Waals surface area contributed by atoms with Gasteiger partial charge in [0.25, 0.3) is 0 Å². The molecule has 1 aromatic heterocycles. The summed E-state index contributed by atoms with van der Waals surface area (Å²) < 4.78 is 0.860. The van der Waals surface area contributed by atoms with Crippen LogP contribution in [0.1, 0.15) is 12.8 Å². The van der Waals surface area contributed by atoms with Gasteiger partial charge in [0.15, 0.2) is 4.34 Å². The molecule has 1 aliphatic heterocycles. The summed E-state index contributed by atoms with van der Waals surface area (Å²) in [5.74, 6) is -0.390. The van der Waals surface area contributed by atoms with Gasteiger partial charge in [-0.15, -0.1) is 11.3 Å². The van der Waals surface area contributed by atoms with Crippen molar-refractivity contribution < 1.29 is 9.59 Å². The summed E-state index contributed by atoms with van der Waals surface area (Å²) in [6.45, 7) is 0. The Labute approximate surface area is 124 Å². The molecule has 2 heterocycles. The maximum atomic E-state index is 11.7. The third kappa shape index (κ3) is 2.91. The second-order valence-electron chi connectivity index (χ2n) is 4.42. The van der Waals surface area contributed by atoms with Crippen molar-refractivity contribution in [2.45, 2.75) is 22.4 Å². The quantitative estimate of drug-likeness (QED) is 0.886. The summed E-state index contributed by atoms with van der Waals surface area (Å²) in [7, 11) is 0. The molecule has 1 saturated heterocycles. The van der Waals surface area contributed by atoms with Gasteiger partial charge < -0.3 is 0 Å². The first-order valence-corrected chi connectivity index (χ1v) is 7.99. The predicted octanol–water partition coefficient (Wildman–Crippen LogP) is 2.71. The highest BCUT2D eigenvalue weighted by Crippen LogP contribution is 2.33. The van der Waals surface area contributed by atoms with E-state index in [0.29, 0.717) is 12.8 Å². The number of nitrogens with one attached hydrogen (secondary N) is 1. The number of amides is 2. The molecule has 2 amide bonds. The summed E-state index contributed by atoms with van der Waals surface area (Å²) >= 11 is 2.96. The van der Waals surface area contributed by atoms with Gasteiger partial charge >= 0.3 is 0 Å². The number of thioether (sulfide) groups is 1. The third-order valence-electron chi connectivity index (χ3n) is 2.98.